The summed E-state index contributed by atoms with van der Waals surface area (Å²) in [5, 5.41) is 11.9. The average molecular weight is 262 g/mol. The lowest BCUT2D eigenvalue weighted by Gasteiger charge is -2.21. The summed E-state index contributed by atoms with van der Waals surface area (Å²) in [6, 6.07) is 0. The first-order chi connectivity index (χ1) is 8.21. The fourth-order valence-corrected chi connectivity index (χ4v) is 1.38. The van der Waals surface area contributed by atoms with Crippen LogP contribution in [0.15, 0.2) is 0 Å². The van der Waals surface area contributed by atoms with Crippen molar-refractivity contribution in [2.45, 2.75) is 0 Å². The fraction of sp³-hybridized carbons (Fsp3) is 0.667. The Bertz CT molecular complexity index is 352. The van der Waals surface area contributed by atoms with Gasteiger partial charge >= 0.3 is 0 Å². The van der Waals surface area contributed by atoms with Crippen LogP contribution in [0.3, 0.4) is 0 Å². The van der Waals surface area contributed by atoms with Gasteiger partial charge in [-0.2, -0.15) is 15.0 Å². The monoisotopic (exact) mass is 261 g/mol. The van der Waals surface area contributed by atoms with Crippen LogP contribution >= 0.6 is 11.6 Å². The minimum Gasteiger partial charge on any atom is -0.395 e. The topological polar surface area (TPSA) is 83.4 Å². The number of ether oxygens (including phenoxy) is 1. The molecule has 2 N–H and O–H groups in total. The van der Waals surface area contributed by atoms with E-state index in [4.69, 9.17) is 21.4 Å². The first-order valence-corrected chi connectivity index (χ1v) is 5.53. The molecule has 1 aromatic heterocycles. The number of rotatable bonds is 7. The summed E-state index contributed by atoms with van der Waals surface area (Å²) in [4.78, 5) is 13.8. The number of aliphatic hydroxyl groups excluding tert-OH is 1. The molecule has 1 rings (SSSR count). The maximum atomic E-state index is 8.99. The lowest BCUT2D eigenvalue weighted by molar-refractivity contribution is 0.202. The summed E-state index contributed by atoms with van der Waals surface area (Å²) in [5.41, 5.74) is 0. The molecule has 0 spiro atoms. The van der Waals surface area contributed by atoms with Crippen LogP contribution in [0, 0.1) is 0 Å². The van der Waals surface area contributed by atoms with E-state index in [1.807, 2.05) is 0 Å². The molecule has 0 unspecified atom stereocenters. The van der Waals surface area contributed by atoms with Gasteiger partial charge in [-0.25, -0.2) is 0 Å². The summed E-state index contributed by atoms with van der Waals surface area (Å²) < 4.78 is 4.98. The third-order valence-corrected chi connectivity index (χ3v) is 2.21. The quantitative estimate of drug-likeness (QED) is 0.715. The fourth-order valence-electron chi connectivity index (χ4n) is 1.23. The lowest BCUT2D eigenvalue weighted by Crippen LogP contribution is -2.32. The zero-order valence-electron chi connectivity index (χ0n) is 9.85. The van der Waals surface area contributed by atoms with Gasteiger partial charge in [0, 0.05) is 27.2 Å². The molecule has 8 heteroatoms. The van der Waals surface area contributed by atoms with E-state index in [1.165, 1.54) is 0 Å². The van der Waals surface area contributed by atoms with Crippen LogP contribution in [0.5, 0.6) is 0 Å². The highest BCUT2D eigenvalue weighted by molar-refractivity contribution is 6.28. The second-order valence-corrected chi connectivity index (χ2v) is 3.52. The van der Waals surface area contributed by atoms with Crippen molar-refractivity contribution in [1.29, 1.82) is 0 Å². The van der Waals surface area contributed by atoms with E-state index >= 15 is 0 Å². The first kappa shape index (κ1) is 13.9. The summed E-state index contributed by atoms with van der Waals surface area (Å²) >= 11 is 5.78. The number of nitrogens with zero attached hydrogens (tertiary/aromatic N) is 4. The number of methoxy groups -OCH3 is 1. The SMILES string of the molecule is CNc1nc(Cl)nc(N(CCO)CCOC)n1. The second kappa shape index (κ2) is 7.21. The molecule has 0 aromatic carbocycles. The smallest absolute Gasteiger partial charge is 0.231 e. The van der Waals surface area contributed by atoms with Gasteiger partial charge in [-0.3, -0.25) is 0 Å². The number of aliphatic hydroxyl groups is 1. The van der Waals surface area contributed by atoms with Crippen LogP contribution in [0.25, 0.3) is 0 Å². The van der Waals surface area contributed by atoms with Gasteiger partial charge in [0.05, 0.1) is 13.2 Å². The highest BCUT2D eigenvalue weighted by Gasteiger charge is 2.11. The number of halogens is 1. The van der Waals surface area contributed by atoms with E-state index in [2.05, 4.69) is 20.3 Å². The maximum absolute atomic E-state index is 8.99. The molecule has 0 aliphatic heterocycles. The Morgan fingerprint density at radius 3 is 2.71 bits per heavy atom. The van der Waals surface area contributed by atoms with Gasteiger partial charge < -0.3 is 20.1 Å². The Balaban J connectivity index is 2.87. The Labute approximate surface area is 105 Å². The molecule has 17 heavy (non-hydrogen) atoms. The van der Waals surface area contributed by atoms with E-state index in [0.717, 1.165) is 0 Å². The van der Waals surface area contributed by atoms with Crippen molar-refractivity contribution < 1.29 is 9.84 Å². The standard InChI is InChI=1S/C9H16ClN5O2/c1-11-8-12-7(10)13-9(14-8)15(3-5-16)4-6-17-2/h16H,3-6H2,1-2H3,(H,11,12,13,14). The molecule has 0 saturated carbocycles. The van der Waals surface area contributed by atoms with E-state index in [9.17, 15) is 0 Å². The third-order valence-electron chi connectivity index (χ3n) is 2.04. The number of hydrogen-bond acceptors (Lipinski definition) is 7. The van der Waals surface area contributed by atoms with E-state index in [1.54, 1.807) is 19.1 Å². The largest absolute Gasteiger partial charge is 0.395 e. The summed E-state index contributed by atoms with van der Waals surface area (Å²) in [5.74, 6) is 0.806. The third kappa shape index (κ3) is 4.29. The number of anilines is 2. The molecule has 1 aromatic rings. The maximum Gasteiger partial charge on any atom is 0.231 e. The second-order valence-electron chi connectivity index (χ2n) is 3.18. The lowest BCUT2D eigenvalue weighted by atomic mass is 10.5. The minimum atomic E-state index is 0.00189. The van der Waals surface area contributed by atoms with Gasteiger partial charge in [0.15, 0.2) is 0 Å². The minimum absolute atomic E-state index is 0.00189. The van der Waals surface area contributed by atoms with Crippen molar-refractivity contribution in [1.82, 2.24) is 15.0 Å². The first-order valence-electron chi connectivity index (χ1n) is 5.15. The van der Waals surface area contributed by atoms with Gasteiger partial charge in [0.2, 0.25) is 17.2 Å². The molecule has 96 valence electrons. The normalized spacial score (nSPS) is 10.4. The van der Waals surface area contributed by atoms with Crippen molar-refractivity contribution in [3.8, 4) is 0 Å². The molecule has 0 fully saturated rings. The summed E-state index contributed by atoms with van der Waals surface area (Å²) in [6.07, 6.45) is 0. The molecule has 0 aliphatic rings. The number of aromatic nitrogens is 3. The molecule has 7 nitrogen and oxygen atoms in total. The van der Waals surface area contributed by atoms with Crippen LogP contribution < -0.4 is 10.2 Å². The van der Waals surface area contributed by atoms with E-state index in [-0.39, 0.29) is 11.9 Å². The molecular formula is C9H16ClN5O2. The molecule has 0 bridgehead atoms. The zero-order valence-corrected chi connectivity index (χ0v) is 10.6. The van der Waals surface area contributed by atoms with Crippen LogP contribution in [-0.4, -0.2) is 60.5 Å². The van der Waals surface area contributed by atoms with Crippen molar-refractivity contribution in [2.24, 2.45) is 0 Å². The molecule has 0 atom stereocenters. The molecule has 0 radical (unpaired) electrons. The number of nitrogens with one attached hydrogen (secondary N) is 1. The van der Waals surface area contributed by atoms with Crippen molar-refractivity contribution in [3.05, 3.63) is 5.28 Å². The summed E-state index contributed by atoms with van der Waals surface area (Å²) in [6.45, 7) is 1.49. The van der Waals surface area contributed by atoms with Gasteiger partial charge in [-0.05, 0) is 11.6 Å². The highest BCUT2D eigenvalue weighted by atomic mass is 35.5. The van der Waals surface area contributed by atoms with Crippen molar-refractivity contribution in [3.63, 3.8) is 0 Å². The predicted octanol–water partition coefficient (Wildman–Crippen LogP) is 0.0118. The van der Waals surface area contributed by atoms with Gasteiger partial charge in [-0.1, -0.05) is 0 Å². The molecule has 0 amide bonds. The predicted molar refractivity (Wildman–Crippen MR) is 65.6 cm³/mol. The Hall–Kier alpha value is -1.18. The Morgan fingerprint density at radius 2 is 2.12 bits per heavy atom. The molecule has 0 saturated heterocycles. The average Bonchev–Trinajstić information content (AvgIpc) is 2.33. The summed E-state index contributed by atoms with van der Waals surface area (Å²) in [7, 11) is 3.30. The van der Waals surface area contributed by atoms with E-state index < -0.39 is 0 Å². The molecule has 1 heterocycles. The van der Waals surface area contributed by atoms with Crippen LogP contribution in [0.2, 0.25) is 5.28 Å². The highest BCUT2D eigenvalue weighted by Crippen LogP contribution is 2.13. The zero-order chi connectivity index (χ0) is 12.7. The van der Waals surface area contributed by atoms with Crippen molar-refractivity contribution in [2.75, 3.05) is 50.7 Å². The Morgan fingerprint density at radius 1 is 1.35 bits per heavy atom. The van der Waals surface area contributed by atoms with Crippen molar-refractivity contribution >= 4 is 23.5 Å². The molecular weight excluding hydrogens is 246 g/mol. The number of hydrogen-bond donors (Lipinski definition) is 2. The van der Waals surface area contributed by atoms with Gasteiger partial charge in [0.25, 0.3) is 0 Å². The van der Waals surface area contributed by atoms with Gasteiger partial charge in [-0.15, -0.1) is 0 Å². The van der Waals surface area contributed by atoms with Gasteiger partial charge in [0.1, 0.15) is 0 Å². The molecule has 0 aliphatic carbocycles. The van der Waals surface area contributed by atoms with Crippen LogP contribution in [0.1, 0.15) is 0 Å². The van der Waals surface area contributed by atoms with Crippen LogP contribution in [-0.2, 0) is 4.74 Å². The Kier molecular flexibility index (Phi) is 5.88. The van der Waals surface area contributed by atoms with E-state index in [0.29, 0.717) is 31.6 Å². The van der Waals surface area contributed by atoms with Crippen LogP contribution in [0.4, 0.5) is 11.9 Å².